The van der Waals surface area contributed by atoms with Gasteiger partial charge in [0.15, 0.2) is 0 Å². The molecule has 0 radical (unpaired) electrons. The van der Waals surface area contributed by atoms with Gasteiger partial charge in [-0.05, 0) is 42.6 Å². The molecular formula is C28H50. The normalized spacial score (nSPS) is 13.0. The molecule has 28 heavy (non-hydrogen) atoms. The smallest absolute Gasteiger partial charge is 0.00504 e. The van der Waals surface area contributed by atoms with E-state index in [0.29, 0.717) is 5.92 Å². The van der Waals surface area contributed by atoms with E-state index in [1.54, 1.807) is 5.57 Å². The van der Waals surface area contributed by atoms with E-state index in [-0.39, 0.29) is 0 Å². The van der Waals surface area contributed by atoms with Crippen LogP contribution in [0.15, 0.2) is 42.0 Å². The highest BCUT2D eigenvalue weighted by Gasteiger charge is 2.16. The highest BCUT2D eigenvalue weighted by molar-refractivity contribution is 5.29. The predicted octanol–water partition coefficient (Wildman–Crippen LogP) is 9.81. The van der Waals surface area contributed by atoms with Crippen LogP contribution in [0.3, 0.4) is 0 Å². The van der Waals surface area contributed by atoms with Crippen molar-refractivity contribution in [3.8, 4) is 0 Å². The van der Waals surface area contributed by atoms with Crippen LogP contribution in [0.2, 0.25) is 0 Å². The molecule has 0 nitrogen and oxygen atoms in total. The fraction of sp³-hybridized carbons (Fsp3) is 0.714. The summed E-state index contributed by atoms with van der Waals surface area (Å²) in [6.45, 7) is 18.4. The Bertz CT molecular complexity index is 474. The third-order valence-electron chi connectivity index (χ3n) is 5.72. The summed E-state index contributed by atoms with van der Waals surface area (Å²) in [5.74, 6) is 3.23. The van der Waals surface area contributed by atoms with Crippen LogP contribution in [0.25, 0.3) is 0 Å². The Morgan fingerprint density at radius 2 is 1.39 bits per heavy atom. The lowest BCUT2D eigenvalue weighted by atomic mass is 9.83. The van der Waals surface area contributed by atoms with Crippen LogP contribution >= 0.6 is 0 Å². The van der Waals surface area contributed by atoms with Crippen molar-refractivity contribution >= 4 is 0 Å². The molecule has 1 aromatic rings. The summed E-state index contributed by atoms with van der Waals surface area (Å²) in [6.07, 6.45) is 12.9. The maximum atomic E-state index is 2.47. The Kier molecular flexibility index (Phi) is 16.2. The lowest BCUT2D eigenvalue weighted by Crippen LogP contribution is -2.07. The van der Waals surface area contributed by atoms with Crippen molar-refractivity contribution in [3.05, 3.63) is 47.5 Å². The molecule has 1 unspecified atom stereocenters. The van der Waals surface area contributed by atoms with Crippen LogP contribution in [-0.2, 0) is 0 Å². The number of hydrogen-bond donors (Lipinski definition) is 0. The number of benzene rings is 1. The highest BCUT2D eigenvalue weighted by atomic mass is 14.2. The molecule has 0 saturated heterocycles. The van der Waals surface area contributed by atoms with E-state index in [1.165, 1.54) is 56.9 Å². The topological polar surface area (TPSA) is 0 Å². The Balaban J connectivity index is 0.000000621. The molecule has 0 aliphatic heterocycles. The second-order valence-electron chi connectivity index (χ2n) is 9.10. The molecular weight excluding hydrogens is 336 g/mol. The molecule has 0 aromatic heterocycles. The molecule has 0 bridgehead atoms. The summed E-state index contributed by atoms with van der Waals surface area (Å²) in [6, 6.07) is 11.0. The summed E-state index contributed by atoms with van der Waals surface area (Å²) in [4.78, 5) is 0. The van der Waals surface area contributed by atoms with Gasteiger partial charge in [-0.2, -0.15) is 0 Å². The van der Waals surface area contributed by atoms with Crippen molar-refractivity contribution in [2.45, 2.75) is 113 Å². The van der Waals surface area contributed by atoms with Crippen LogP contribution < -0.4 is 0 Å². The fourth-order valence-electron chi connectivity index (χ4n) is 4.07. The Morgan fingerprint density at radius 1 is 0.821 bits per heavy atom. The summed E-state index contributed by atoms with van der Waals surface area (Å²) >= 11 is 0. The van der Waals surface area contributed by atoms with Gasteiger partial charge >= 0.3 is 0 Å². The second kappa shape index (κ2) is 16.9. The van der Waals surface area contributed by atoms with E-state index in [0.717, 1.165) is 17.8 Å². The van der Waals surface area contributed by atoms with E-state index in [2.05, 4.69) is 91.8 Å². The first-order chi connectivity index (χ1) is 13.4. The van der Waals surface area contributed by atoms with E-state index >= 15 is 0 Å². The average molecular weight is 387 g/mol. The molecule has 1 rings (SSSR count). The van der Waals surface area contributed by atoms with Gasteiger partial charge in [0.25, 0.3) is 0 Å². The van der Waals surface area contributed by atoms with Gasteiger partial charge in [-0.1, -0.05) is 129 Å². The first kappa shape index (κ1) is 27.0. The van der Waals surface area contributed by atoms with Gasteiger partial charge < -0.3 is 0 Å². The molecule has 0 heterocycles. The van der Waals surface area contributed by atoms with Crippen LogP contribution in [0, 0.1) is 17.8 Å². The average Bonchev–Trinajstić information content (AvgIpc) is 2.68. The van der Waals surface area contributed by atoms with Gasteiger partial charge in [0.05, 0.1) is 0 Å². The monoisotopic (exact) mass is 386 g/mol. The van der Waals surface area contributed by atoms with Crippen molar-refractivity contribution in [1.82, 2.24) is 0 Å². The Hall–Kier alpha value is -1.04. The highest BCUT2D eigenvalue weighted by Crippen LogP contribution is 2.33. The van der Waals surface area contributed by atoms with Gasteiger partial charge in [-0.25, -0.2) is 0 Å². The van der Waals surface area contributed by atoms with Crippen molar-refractivity contribution in [3.63, 3.8) is 0 Å². The molecule has 0 fully saturated rings. The van der Waals surface area contributed by atoms with E-state index < -0.39 is 0 Å². The molecule has 0 heteroatoms. The van der Waals surface area contributed by atoms with Gasteiger partial charge in [0.2, 0.25) is 0 Å². The number of rotatable bonds is 12. The zero-order valence-electron chi connectivity index (χ0n) is 20.4. The standard InChI is InChI=1S/C18H28.C10H22/c1-5-7-11-16(6-2)18(14-15(3)4)17-12-9-8-10-13-17;1-5-7-10(8-6-2)9(3)4/h8-13,15,18H,5-7,14H2,1-4H3;9-10H,5-8H2,1-4H3/b16-11+;. The minimum absolute atomic E-state index is 0.614. The van der Waals surface area contributed by atoms with E-state index in [4.69, 9.17) is 0 Å². The predicted molar refractivity (Wildman–Crippen MR) is 130 cm³/mol. The zero-order chi connectivity index (χ0) is 21.4. The van der Waals surface area contributed by atoms with Crippen LogP contribution in [-0.4, -0.2) is 0 Å². The van der Waals surface area contributed by atoms with Crippen molar-refractivity contribution < 1.29 is 0 Å². The maximum Gasteiger partial charge on any atom is 0.00504 e. The lowest BCUT2D eigenvalue weighted by molar-refractivity contribution is 0.331. The van der Waals surface area contributed by atoms with E-state index in [1.807, 2.05) is 0 Å². The van der Waals surface area contributed by atoms with Crippen LogP contribution in [0.4, 0.5) is 0 Å². The number of unbranched alkanes of at least 4 members (excludes halogenated alkanes) is 1. The van der Waals surface area contributed by atoms with Crippen LogP contribution in [0.1, 0.15) is 118 Å². The van der Waals surface area contributed by atoms with Crippen molar-refractivity contribution in [2.24, 2.45) is 17.8 Å². The quantitative estimate of drug-likeness (QED) is 0.313. The second-order valence-corrected chi connectivity index (χ2v) is 9.10. The van der Waals surface area contributed by atoms with Crippen molar-refractivity contribution in [1.29, 1.82) is 0 Å². The largest absolute Gasteiger partial charge is 0.0847 e. The molecule has 0 amide bonds. The molecule has 0 aliphatic rings. The number of allylic oxidation sites excluding steroid dienone is 2. The lowest BCUT2D eigenvalue weighted by Gasteiger charge is -2.22. The first-order valence-corrected chi connectivity index (χ1v) is 12.1. The minimum atomic E-state index is 0.614. The van der Waals surface area contributed by atoms with E-state index in [9.17, 15) is 0 Å². The molecule has 162 valence electrons. The molecule has 0 saturated carbocycles. The van der Waals surface area contributed by atoms with Gasteiger partial charge in [0.1, 0.15) is 0 Å². The van der Waals surface area contributed by atoms with Gasteiger partial charge in [-0.3, -0.25) is 0 Å². The third-order valence-corrected chi connectivity index (χ3v) is 5.72. The summed E-state index contributed by atoms with van der Waals surface area (Å²) < 4.78 is 0. The fourth-order valence-corrected chi connectivity index (χ4v) is 4.07. The Labute approximate surface area is 178 Å². The summed E-state index contributed by atoms with van der Waals surface area (Å²) in [7, 11) is 0. The first-order valence-electron chi connectivity index (χ1n) is 12.1. The molecule has 0 aliphatic carbocycles. The third kappa shape index (κ3) is 11.7. The van der Waals surface area contributed by atoms with Crippen molar-refractivity contribution in [2.75, 3.05) is 0 Å². The summed E-state index contributed by atoms with van der Waals surface area (Å²) in [5, 5.41) is 0. The molecule has 0 N–H and O–H groups in total. The van der Waals surface area contributed by atoms with Crippen LogP contribution in [0.5, 0.6) is 0 Å². The SMILES string of the molecule is CCC/C=C(\CC)C(CC(C)C)c1ccccc1.CCCC(CCC)C(C)C. The zero-order valence-corrected chi connectivity index (χ0v) is 20.4. The minimum Gasteiger partial charge on any atom is -0.0847 e. The summed E-state index contributed by atoms with van der Waals surface area (Å²) in [5.41, 5.74) is 3.10. The van der Waals surface area contributed by atoms with Gasteiger partial charge in [0, 0.05) is 5.92 Å². The molecule has 1 atom stereocenters. The Morgan fingerprint density at radius 3 is 1.79 bits per heavy atom. The number of hydrogen-bond acceptors (Lipinski definition) is 0. The van der Waals surface area contributed by atoms with Gasteiger partial charge in [-0.15, -0.1) is 0 Å². The molecule has 0 spiro atoms. The molecule has 1 aromatic carbocycles. The maximum absolute atomic E-state index is 2.47.